The van der Waals surface area contributed by atoms with Gasteiger partial charge in [0, 0.05) is 25.2 Å². The third kappa shape index (κ3) is 2.87. The zero-order valence-corrected chi connectivity index (χ0v) is 12.6. The van der Waals surface area contributed by atoms with E-state index in [0.29, 0.717) is 6.04 Å². The van der Waals surface area contributed by atoms with Gasteiger partial charge in [-0.15, -0.1) is 0 Å². The van der Waals surface area contributed by atoms with E-state index in [1.165, 1.54) is 51.0 Å². The highest BCUT2D eigenvalue weighted by Gasteiger charge is 2.34. The fourth-order valence-corrected chi connectivity index (χ4v) is 4.41. The molecule has 2 fully saturated rings. The van der Waals surface area contributed by atoms with Gasteiger partial charge >= 0.3 is 0 Å². The zero-order valence-electron chi connectivity index (χ0n) is 11.8. The molecule has 3 atom stereocenters. The van der Waals surface area contributed by atoms with Crippen LogP contribution in [0.1, 0.15) is 37.8 Å². The molecule has 3 rings (SSSR count). The van der Waals surface area contributed by atoms with Crippen molar-refractivity contribution in [1.29, 1.82) is 0 Å². The highest BCUT2D eigenvalue weighted by atomic mass is 32.1. The monoisotopic (exact) mass is 279 g/mol. The summed E-state index contributed by atoms with van der Waals surface area (Å²) in [6.45, 7) is 7.15. The van der Waals surface area contributed by atoms with E-state index in [1.54, 1.807) is 11.3 Å². The predicted molar refractivity (Wildman–Crippen MR) is 81.5 cm³/mol. The second-order valence-electron chi connectivity index (χ2n) is 6.04. The SMILES string of the molecule is CC(N)C(c1ccsc1)N1CCC(N2CCCC2)C1. The summed E-state index contributed by atoms with van der Waals surface area (Å²) in [5.74, 6) is 0. The van der Waals surface area contributed by atoms with Crippen molar-refractivity contribution in [2.75, 3.05) is 26.2 Å². The van der Waals surface area contributed by atoms with Crippen LogP contribution in [-0.4, -0.2) is 48.1 Å². The fraction of sp³-hybridized carbons (Fsp3) is 0.733. The molecule has 1 aromatic heterocycles. The number of nitrogens with two attached hydrogens (primary N) is 1. The molecule has 2 N–H and O–H groups in total. The molecule has 106 valence electrons. The second-order valence-corrected chi connectivity index (χ2v) is 6.82. The van der Waals surface area contributed by atoms with Crippen molar-refractivity contribution < 1.29 is 0 Å². The van der Waals surface area contributed by atoms with Crippen LogP contribution in [0.25, 0.3) is 0 Å². The lowest BCUT2D eigenvalue weighted by Crippen LogP contribution is -2.41. The summed E-state index contributed by atoms with van der Waals surface area (Å²) in [5, 5.41) is 4.43. The Kier molecular flexibility index (Phi) is 4.22. The van der Waals surface area contributed by atoms with E-state index >= 15 is 0 Å². The summed E-state index contributed by atoms with van der Waals surface area (Å²) in [5.41, 5.74) is 7.66. The third-order valence-electron chi connectivity index (χ3n) is 4.63. The first-order valence-corrected chi connectivity index (χ1v) is 8.46. The number of rotatable bonds is 4. The Bertz CT molecular complexity index is 384. The lowest BCUT2D eigenvalue weighted by molar-refractivity contribution is 0.186. The van der Waals surface area contributed by atoms with E-state index in [1.807, 2.05) is 0 Å². The quantitative estimate of drug-likeness (QED) is 0.918. The van der Waals surface area contributed by atoms with Gasteiger partial charge in [0.25, 0.3) is 0 Å². The van der Waals surface area contributed by atoms with E-state index in [2.05, 4.69) is 33.6 Å². The molecule has 19 heavy (non-hydrogen) atoms. The minimum atomic E-state index is 0.201. The molecule has 1 aromatic rings. The Labute approximate surface area is 120 Å². The van der Waals surface area contributed by atoms with Crippen molar-refractivity contribution >= 4 is 11.3 Å². The molecule has 2 aliphatic heterocycles. The summed E-state index contributed by atoms with van der Waals surface area (Å²) < 4.78 is 0. The number of thiophene rings is 1. The van der Waals surface area contributed by atoms with E-state index in [-0.39, 0.29) is 6.04 Å². The molecule has 0 bridgehead atoms. The maximum absolute atomic E-state index is 6.26. The van der Waals surface area contributed by atoms with Crippen LogP contribution in [0.5, 0.6) is 0 Å². The number of hydrogen-bond donors (Lipinski definition) is 1. The summed E-state index contributed by atoms with van der Waals surface area (Å²) in [6.07, 6.45) is 4.09. The lowest BCUT2D eigenvalue weighted by atomic mass is 10.0. The van der Waals surface area contributed by atoms with Gasteiger partial charge in [0.05, 0.1) is 6.04 Å². The van der Waals surface area contributed by atoms with Crippen LogP contribution in [0.2, 0.25) is 0 Å². The maximum Gasteiger partial charge on any atom is 0.0505 e. The molecule has 0 saturated carbocycles. The summed E-state index contributed by atoms with van der Waals surface area (Å²) in [4.78, 5) is 5.29. The van der Waals surface area contributed by atoms with Crippen molar-refractivity contribution in [1.82, 2.24) is 9.80 Å². The van der Waals surface area contributed by atoms with Gasteiger partial charge < -0.3 is 5.73 Å². The van der Waals surface area contributed by atoms with Crippen LogP contribution in [0.3, 0.4) is 0 Å². The van der Waals surface area contributed by atoms with E-state index in [0.717, 1.165) is 6.04 Å². The predicted octanol–water partition coefficient (Wildman–Crippen LogP) is 2.31. The molecule has 0 radical (unpaired) electrons. The van der Waals surface area contributed by atoms with Crippen molar-refractivity contribution in [2.24, 2.45) is 5.73 Å². The van der Waals surface area contributed by atoms with Crippen molar-refractivity contribution in [2.45, 2.75) is 44.3 Å². The first kappa shape index (κ1) is 13.6. The molecule has 2 saturated heterocycles. The van der Waals surface area contributed by atoms with Crippen LogP contribution >= 0.6 is 11.3 Å². The van der Waals surface area contributed by atoms with Crippen LogP contribution < -0.4 is 5.73 Å². The first-order valence-electron chi connectivity index (χ1n) is 7.51. The molecular formula is C15H25N3S. The molecule has 2 aliphatic rings. The fourth-order valence-electron chi connectivity index (χ4n) is 3.72. The summed E-state index contributed by atoms with van der Waals surface area (Å²) in [7, 11) is 0. The zero-order chi connectivity index (χ0) is 13.2. The summed E-state index contributed by atoms with van der Waals surface area (Å²) >= 11 is 1.78. The van der Waals surface area contributed by atoms with Gasteiger partial charge in [0.2, 0.25) is 0 Å². The Morgan fingerprint density at radius 1 is 1.32 bits per heavy atom. The van der Waals surface area contributed by atoms with Gasteiger partial charge in [-0.05, 0) is 61.7 Å². The number of likely N-dealkylation sites (tertiary alicyclic amines) is 2. The minimum absolute atomic E-state index is 0.201. The minimum Gasteiger partial charge on any atom is -0.326 e. The van der Waals surface area contributed by atoms with Crippen LogP contribution in [-0.2, 0) is 0 Å². The average Bonchev–Trinajstić information content (AvgIpc) is 3.11. The van der Waals surface area contributed by atoms with Gasteiger partial charge in [-0.1, -0.05) is 0 Å². The molecule has 0 aliphatic carbocycles. The van der Waals surface area contributed by atoms with Gasteiger partial charge in [-0.25, -0.2) is 0 Å². The highest BCUT2D eigenvalue weighted by Crippen LogP contribution is 2.31. The topological polar surface area (TPSA) is 32.5 Å². The highest BCUT2D eigenvalue weighted by molar-refractivity contribution is 7.07. The molecule has 3 unspecified atom stereocenters. The molecular weight excluding hydrogens is 254 g/mol. The van der Waals surface area contributed by atoms with Gasteiger partial charge in [0.15, 0.2) is 0 Å². The van der Waals surface area contributed by atoms with Crippen molar-refractivity contribution in [3.8, 4) is 0 Å². The van der Waals surface area contributed by atoms with Gasteiger partial charge in [-0.3, -0.25) is 9.80 Å². The Morgan fingerprint density at radius 3 is 2.74 bits per heavy atom. The van der Waals surface area contributed by atoms with E-state index in [9.17, 15) is 0 Å². The van der Waals surface area contributed by atoms with Gasteiger partial charge in [0.1, 0.15) is 0 Å². The third-order valence-corrected chi connectivity index (χ3v) is 5.33. The molecule has 0 aromatic carbocycles. The Morgan fingerprint density at radius 2 is 2.11 bits per heavy atom. The number of hydrogen-bond acceptors (Lipinski definition) is 4. The average molecular weight is 279 g/mol. The molecule has 3 heterocycles. The second kappa shape index (κ2) is 5.92. The van der Waals surface area contributed by atoms with E-state index < -0.39 is 0 Å². The smallest absolute Gasteiger partial charge is 0.0505 e. The number of nitrogens with zero attached hydrogens (tertiary/aromatic N) is 2. The molecule has 3 nitrogen and oxygen atoms in total. The molecule has 0 spiro atoms. The molecule has 0 amide bonds. The van der Waals surface area contributed by atoms with Crippen LogP contribution in [0, 0.1) is 0 Å². The van der Waals surface area contributed by atoms with Crippen molar-refractivity contribution in [3.63, 3.8) is 0 Å². The first-order chi connectivity index (χ1) is 9.25. The lowest BCUT2D eigenvalue weighted by Gasteiger charge is -2.31. The van der Waals surface area contributed by atoms with Gasteiger partial charge in [-0.2, -0.15) is 11.3 Å². The van der Waals surface area contributed by atoms with Crippen molar-refractivity contribution in [3.05, 3.63) is 22.4 Å². The Balaban J connectivity index is 1.67. The largest absolute Gasteiger partial charge is 0.326 e. The van der Waals surface area contributed by atoms with Crippen LogP contribution in [0.15, 0.2) is 16.8 Å². The maximum atomic E-state index is 6.26. The normalized spacial score (nSPS) is 28.8. The van der Waals surface area contributed by atoms with E-state index in [4.69, 9.17) is 5.73 Å². The molecule has 4 heteroatoms. The standard InChI is InChI=1S/C15H25N3S/c1-12(16)15(13-5-9-19-11-13)18-8-4-14(10-18)17-6-2-3-7-17/h5,9,11-12,14-15H,2-4,6-8,10,16H2,1H3. The Hall–Kier alpha value is -0.420. The van der Waals surface area contributed by atoms with Crippen LogP contribution in [0.4, 0.5) is 0 Å². The summed E-state index contributed by atoms with van der Waals surface area (Å²) in [6, 6.07) is 3.61.